The zero-order valence-corrected chi connectivity index (χ0v) is 10.8. The van der Waals surface area contributed by atoms with Gasteiger partial charge in [0.1, 0.15) is 5.69 Å². The maximum atomic E-state index is 12.1. The Morgan fingerprint density at radius 3 is 3.11 bits per heavy atom. The molecule has 1 aliphatic rings. The predicted octanol–water partition coefficient (Wildman–Crippen LogP) is 0.299. The van der Waals surface area contributed by atoms with Gasteiger partial charge in [0.25, 0.3) is 5.91 Å². The first-order valence-electron chi connectivity index (χ1n) is 6.22. The summed E-state index contributed by atoms with van der Waals surface area (Å²) in [6, 6.07) is 3.68. The predicted molar refractivity (Wildman–Crippen MR) is 71.5 cm³/mol. The summed E-state index contributed by atoms with van der Waals surface area (Å²) in [7, 11) is 1.68. The van der Waals surface area contributed by atoms with Crippen LogP contribution in [0.1, 0.15) is 28.9 Å². The van der Waals surface area contributed by atoms with E-state index in [4.69, 9.17) is 10.5 Å². The van der Waals surface area contributed by atoms with Crippen LogP contribution in [-0.4, -0.2) is 36.7 Å². The first-order chi connectivity index (χ1) is 9.24. The van der Waals surface area contributed by atoms with Crippen molar-refractivity contribution in [3.63, 3.8) is 0 Å². The highest BCUT2D eigenvalue weighted by molar-refractivity contribution is 5.95. The molecule has 2 rings (SSSR count). The van der Waals surface area contributed by atoms with E-state index in [0.29, 0.717) is 11.3 Å². The molecule has 0 saturated heterocycles. The molecule has 100 valence electrons. The topological polar surface area (TPSA) is 77.2 Å². The Morgan fingerprint density at radius 2 is 2.42 bits per heavy atom. The van der Waals surface area contributed by atoms with Crippen molar-refractivity contribution < 1.29 is 9.53 Å². The largest absolute Gasteiger partial charge is 0.381 e. The zero-order chi connectivity index (χ0) is 13.7. The first kappa shape index (κ1) is 13.5. The van der Waals surface area contributed by atoms with Gasteiger partial charge in [-0.25, -0.2) is 4.98 Å². The summed E-state index contributed by atoms with van der Waals surface area (Å²) >= 11 is 0. The second-order valence-corrected chi connectivity index (χ2v) is 4.40. The molecule has 5 nitrogen and oxygen atoms in total. The molecule has 3 N–H and O–H groups in total. The van der Waals surface area contributed by atoms with E-state index >= 15 is 0 Å². The number of ether oxygens (including phenoxy) is 1. The fourth-order valence-corrected chi connectivity index (χ4v) is 1.96. The van der Waals surface area contributed by atoms with Crippen LogP contribution in [0.15, 0.2) is 18.3 Å². The summed E-state index contributed by atoms with van der Waals surface area (Å²) in [6.45, 7) is 0.258. The smallest absolute Gasteiger partial charge is 0.271 e. The van der Waals surface area contributed by atoms with Gasteiger partial charge in [-0.3, -0.25) is 4.79 Å². The highest BCUT2D eigenvalue weighted by Gasteiger charge is 2.30. The van der Waals surface area contributed by atoms with Crippen LogP contribution in [0.25, 0.3) is 0 Å². The minimum Gasteiger partial charge on any atom is -0.381 e. The number of pyridine rings is 1. The summed E-state index contributed by atoms with van der Waals surface area (Å²) in [6.07, 6.45) is 3.53. The third-order valence-corrected chi connectivity index (χ3v) is 3.11. The standard InChI is InChI=1S/C14H17N3O2/c1-19-12-8-11(9-12)17-14(18)13-10(4-2-6-15)5-3-7-16-13/h3,5,7,11-12H,6,8-9,15H2,1H3,(H,17,18). The number of hydrogen-bond donors (Lipinski definition) is 2. The molecule has 1 aromatic heterocycles. The van der Waals surface area contributed by atoms with Crippen LogP contribution in [0.2, 0.25) is 0 Å². The molecule has 1 fully saturated rings. The van der Waals surface area contributed by atoms with Crippen LogP contribution in [-0.2, 0) is 4.74 Å². The van der Waals surface area contributed by atoms with Gasteiger partial charge in [0.2, 0.25) is 0 Å². The average Bonchev–Trinajstić information content (AvgIpc) is 2.40. The van der Waals surface area contributed by atoms with Crippen molar-refractivity contribution in [3.05, 3.63) is 29.6 Å². The number of rotatable bonds is 3. The Kier molecular flexibility index (Phi) is 4.50. The summed E-state index contributed by atoms with van der Waals surface area (Å²) in [5.74, 6) is 5.40. The van der Waals surface area contributed by atoms with Gasteiger partial charge < -0.3 is 15.8 Å². The lowest BCUT2D eigenvalue weighted by atomic mass is 9.89. The van der Waals surface area contributed by atoms with E-state index in [1.54, 1.807) is 25.4 Å². The number of carbonyl (C=O) groups is 1. The van der Waals surface area contributed by atoms with Gasteiger partial charge in [-0.15, -0.1) is 0 Å². The summed E-state index contributed by atoms with van der Waals surface area (Å²) in [4.78, 5) is 16.2. The third-order valence-electron chi connectivity index (χ3n) is 3.11. The molecular weight excluding hydrogens is 242 g/mol. The molecule has 0 aliphatic heterocycles. The Morgan fingerprint density at radius 1 is 1.63 bits per heavy atom. The Balaban J connectivity index is 2.03. The molecular formula is C14H17N3O2. The lowest BCUT2D eigenvalue weighted by Gasteiger charge is -2.34. The van der Waals surface area contributed by atoms with Crippen molar-refractivity contribution in [2.45, 2.75) is 25.0 Å². The van der Waals surface area contributed by atoms with Crippen molar-refractivity contribution in [1.29, 1.82) is 0 Å². The van der Waals surface area contributed by atoms with E-state index in [2.05, 4.69) is 22.1 Å². The number of carbonyl (C=O) groups excluding carboxylic acids is 1. The van der Waals surface area contributed by atoms with Crippen molar-refractivity contribution in [2.24, 2.45) is 5.73 Å². The molecule has 19 heavy (non-hydrogen) atoms. The molecule has 0 unspecified atom stereocenters. The van der Waals surface area contributed by atoms with Gasteiger partial charge in [0, 0.05) is 19.3 Å². The number of hydrogen-bond acceptors (Lipinski definition) is 4. The van der Waals surface area contributed by atoms with Crippen molar-refractivity contribution in [3.8, 4) is 11.8 Å². The monoisotopic (exact) mass is 259 g/mol. The van der Waals surface area contributed by atoms with E-state index in [0.717, 1.165) is 12.8 Å². The van der Waals surface area contributed by atoms with Crippen LogP contribution < -0.4 is 11.1 Å². The molecule has 0 atom stereocenters. The number of nitrogens with one attached hydrogen (secondary N) is 1. The molecule has 1 saturated carbocycles. The van der Waals surface area contributed by atoms with Crippen LogP contribution in [0.5, 0.6) is 0 Å². The third kappa shape index (κ3) is 3.31. The summed E-state index contributed by atoms with van der Waals surface area (Å²) < 4.78 is 5.18. The molecule has 1 aromatic rings. The Bertz CT molecular complexity index is 513. The zero-order valence-electron chi connectivity index (χ0n) is 10.8. The van der Waals surface area contributed by atoms with Crippen molar-refractivity contribution in [2.75, 3.05) is 13.7 Å². The van der Waals surface area contributed by atoms with Gasteiger partial charge in [0.15, 0.2) is 0 Å². The Hall–Kier alpha value is -1.90. The molecule has 0 radical (unpaired) electrons. The maximum Gasteiger partial charge on any atom is 0.271 e. The summed E-state index contributed by atoms with van der Waals surface area (Å²) in [5.41, 5.74) is 6.29. The molecule has 1 aliphatic carbocycles. The van der Waals surface area contributed by atoms with Gasteiger partial charge in [-0.1, -0.05) is 11.8 Å². The fourth-order valence-electron chi connectivity index (χ4n) is 1.96. The van der Waals surface area contributed by atoms with Crippen LogP contribution in [0, 0.1) is 11.8 Å². The van der Waals surface area contributed by atoms with E-state index in [1.165, 1.54) is 0 Å². The van der Waals surface area contributed by atoms with Gasteiger partial charge in [-0.2, -0.15) is 0 Å². The highest BCUT2D eigenvalue weighted by Crippen LogP contribution is 2.22. The molecule has 1 amide bonds. The molecule has 5 heteroatoms. The second-order valence-electron chi connectivity index (χ2n) is 4.40. The fraction of sp³-hybridized carbons (Fsp3) is 0.429. The minimum absolute atomic E-state index is 0.162. The van der Waals surface area contributed by atoms with E-state index in [1.807, 2.05) is 0 Å². The van der Waals surface area contributed by atoms with E-state index in [-0.39, 0.29) is 24.6 Å². The summed E-state index contributed by atoms with van der Waals surface area (Å²) in [5, 5.41) is 2.93. The molecule has 0 bridgehead atoms. The second kappa shape index (κ2) is 6.32. The number of nitrogens with zero attached hydrogens (tertiary/aromatic N) is 1. The van der Waals surface area contributed by atoms with Crippen LogP contribution in [0.4, 0.5) is 0 Å². The molecule has 1 heterocycles. The normalized spacial score (nSPS) is 20.9. The number of nitrogens with two attached hydrogens (primary N) is 1. The van der Waals surface area contributed by atoms with E-state index < -0.39 is 0 Å². The molecule has 0 spiro atoms. The van der Waals surface area contributed by atoms with Crippen molar-refractivity contribution in [1.82, 2.24) is 10.3 Å². The van der Waals surface area contributed by atoms with Gasteiger partial charge >= 0.3 is 0 Å². The van der Waals surface area contributed by atoms with Crippen molar-refractivity contribution >= 4 is 5.91 Å². The number of amides is 1. The SMILES string of the molecule is COC1CC(NC(=O)c2ncccc2C#CCN)C1. The first-order valence-corrected chi connectivity index (χ1v) is 6.22. The molecule has 0 aromatic carbocycles. The lowest BCUT2D eigenvalue weighted by molar-refractivity contribution is 0.0175. The van der Waals surface area contributed by atoms with E-state index in [9.17, 15) is 4.79 Å². The average molecular weight is 259 g/mol. The quantitative estimate of drug-likeness (QED) is 0.765. The van der Waals surface area contributed by atoms with Crippen LogP contribution >= 0.6 is 0 Å². The Labute approximate surface area is 112 Å². The number of aromatic nitrogens is 1. The lowest BCUT2D eigenvalue weighted by Crippen LogP contribution is -2.47. The van der Waals surface area contributed by atoms with Crippen LogP contribution in [0.3, 0.4) is 0 Å². The minimum atomic E-state index is -0.193. The number of methoxy groups -OCH3 is 1. The maximum absolute atomic E-state index is 12.1. The van der Waals surface area contributed by atoms with Gasteiger partial charge in [0.05, 0.1) is 18.2 Å². The highest BCUT2D eigenvalue weighted by atomic mass is 16.5. The van der Waals surface area contributed by atoms with Gasteiger partial charge in [-0.05, 0) is 25.0 Å².